The lowest BCUT2D eigenvalue weighted by molar-refractivity contribution is -0.126. The van der Waals surface area contributed by atoms with Crippen LogP contribution in [0.5, 0.6) is 5.75 Å². The normalized spacial score (nSPS) is 13.2. The molecule has 0 aliphatic heterocycles. The monoisotopic (exact) mass is 279 g/mol. The Morgan fingerprint density at radius 1 is 1.30 bits per heavy atom. The van der Waals surface area contributed by atoms with E-state index in [9.17, 15) is 9.59 Å². The van der Waals surface area contributed by atoms with Gasteiger partial charge in [0.1, 0.15) is 5.75 Å². The van der Waals surface area contributed by atoms with Crippen molar-refractivity contribution in [1.82, 2.24) is 10.6 Å². The summed E-state index contributed by atoms with van der Waals surface area (Å²) in [5.74, 6) is 0.0426. The molecule has 0 aliphatic rings. The molecule has 20 heavy (non-hydrogen) atoms. The van der Waals surface area contributed by atoms with Crippen molar-refractivity contribution < 1.29 is 14.3 Å². The van der Waals surface area contributed by atoms with Gasteiger partial charge in [-0.3, -0.25) is 10.1 Å². The number of hydrogen-bond donors (Lipinski definition) is 3. The van der Waals surface area contributed by atoms with Gasteiger partial charge in [0, 0.05) is 18.7 Å². The molecule has 0 saturated heterocycles. The minimum Gasteiger partial charge on any atom is -0.481 e. The summed E-state index contributed by atoms with van der Waals surface area (Å²) in [6.07, 6.45) is -0.799. The van der Waals surface area contributed by atoms with Crippen LogP contribution in [0.15, 0.2) is 18.2 Å². The van der Waals surface area contributed by atoms with E-state index < -0.39 is 18.0 Å². The number of nitrogens with one attached hydrogen (secondary N) is 2. The van der Waals surface area contributed by atoms with Crippen molar-refractivity contribution >= 4 is 11.9 Å². The molecule has 2 atom stereocenters. The summed E-state index contributed by atoms with van der Waals surface area (Å²) in [6.45, 7) is 5.34. The molecule has 0 bridgehead atoms. The lowest BCUT2D eigenvalue weighted by Crippen LogP contribution is -2.44. The van der Waals surface area contributed by atoms with Crippen molar-refractivity contribution in [1.29, 1.82) is 0 Å². The van der Waals surface area contributed by atoms with E-state index in [1.807, 2.05) is 32.0 Å². The maximum atomic E-state index is 11.8. The highest BCUT2D eigenvalue weighted by Gasteiger charge is 2.19. The van der Waals surface area contributed by atoms with Gasteiger partial charge in [0.05, 0.1) is 0 Å². The van der Waals surface area contributed by atoms with Crippen LogP contribution in [0.3, 0.4) is 0 Å². The highest BCUT2D eigenvalue weighted by molar-refractivity contribution is 5.96. The second kappa shape index (κ2) is 6.91. The highest BCUT2D eigenvalue weighted by atomic mass is 16.5. The summed E-state index contributed by atoms with van der Waals surface area (Å²) in [6, 6.07) is 4.85. The SMILES string of the molecule is CNC(=O)NC(=O)C(C)Oc1cc(C)ccc1[C@H](C)N. The first-order chi connectivity index (χ1) is 9.35. The van der Waals surface area contributed by atoms with Gasteiger partial charge in [-0.05, 0) is 32.4 Å². The summed E-state index contributed by atoms with van der Waals surface area (Å²) in [4.78, 5) is 22.8. The van der Waals surface area contributed by atoms with E-state index in [1.165, 1.54) is 7.05 Å². The van der Waals surface area contributed by atoms with E-state index in [2.05, 4.69) is 10.6 Å². The molecule has 4 N–H and O–H groups in total. The smallest absolute Gasteiger partial charge is 0.321 e. The molecule has 110 valence electrons. The van der Waals surface area contributed by atoms with Crippen molar-refractivity contribution in [2.75, 3.05) is 7.05 Å². The molecule has 0 heterocycles. The van der Waals surface area contributed by atoms with Gasteiger partial charge in [0.25, 0.3) is 5.91 Å². The van der Waals surface area contributed by atoms with Gasteiger partial charge in [-0.15, -0.1) is 0 Å². The Hall–Kier alpha value is -2.08. The molecular formula is C14H21N3O3. The Labute approximate surface area is 118 Å². The third-order valence-corrected chi connectivity index (χ3v) is 2.80. The first kappa shape index (κ1) is 16.0. The van der Waals surface area contributed by atoms with Crippen molar-refractivity contribution in [2.24, 2.45) is 5.73 Å². The maximum absolute atomic E-state index is 11.8. The third-order valence-electron chi connectivity index (χ3n) is 2.80. The number of urea groups is 1. The van der Waals surface area contributed by atoms with Gasteiger partial charge in [0.2, 0.25) is 0 Å². The Morgan fingerprint density at radius 3 is 2.50 bits per heavy atom. The molecule has 0 spiro atoms. The fourth-order valence-corrected chi connectivity index (χ4v) is 1.64. The van der Waals surface area contributed by atoms with E-state index in [0.717, 1.165) is 11.1 Å². The lowest BCUT2D eigenvalue weighted by Gasteiger charge is -2.19. The molecular weight excluding hydrogens is 258 g/mol. The van der Waals surface area contributed by atoms with Crippen molar-refractivity contribution in [3.8, 4) is 5.75 Å². The molecule has 0 aromatic heterocycles. The number of benzene rings is 1. The average Bonchev–Trinajstić information content (AvgIpc) is 2.38. The van der Waals surface area contributed by atoms with E-state index in [0.29, 0.717) is 5.75 Å². The molecule has 1 aromatic rings. The standard InChI is InChI=1S/C14H21N3O3/c1-8-5-6-11(9(2)15)12(7-8)20-10(3)13(18)17-14(19)16-4/h5-7,9-10H,15H2,1-4H3,(H2,16,17,18,19)/t9-,10?/m0/s1. The molecule has 1 rings (SSSR count). The average molecular weight is 279 g/mol. The zero-order chi connectivity index (χ0) is 15.3. The van der Waals surface area contributed by atoms with Gasteiger partial charge in [-0.25, -0.2) is 4.79 Å². The quantitative estimate of drug-likeness (QED) is 0.773. The van der Waals surface area contributed by atoms with Gasteiger partial charge in [-0.2, -0.15) is 0 Å². The second-order valence-corrected chi connectivity index (χ2v) is 4.66. The Balaban J connectivity index is 2.84. The predicted octanol–water partition coefficient (Wildman–Crippen LogP) is 1.24. The Kier molecular flexibility index (Phi) is 5.52. The van der Waals surface area contributed by atoms with E-state index in [1.54, 1.807) is 6.92 Å². The minimum atomic E-state index is -0.799. The van der Waals surface area contributed by atoms with Crippen molar-refractivity contribution in [3.63, 3.8) is 0 Å². The van der Waals surface area contributed by atoms with Crippen LogP contribution in [0.1, 0.15) is 31.0 Å². The number of carbonyl (C=O) groups excluding carboxylic acids is 2. The Morgan fingerprint density at radius 2 is 1.95 bits per heavy atom. The zero-order valence-electron chi connectivity index (χ0n) is 12.2. The zero-order valence-corrected chi connectivity index (χ0v) is 12.2. The van der Waals surface area contributed by atoms with Gasteiger partial charge in [0.15, 0.2) is 6.10 Å². The summed E-state index contributed by atoms with van der Waals surface area (Å²) < 4.78 is 5.62. The number of hydrogen-bond acceptors (Lipinski definition) is 4. The Bertz CT molecular complexity index is 500. The van der Waals surface area contributed by atoms with Crippen LogP contribution in [0, 0.1) is 6.92 Å². The van der Waals surface area contributed by atoms with Crippen LogP contribution in [0.25, 0.3) is 0 Å². The number of imide groups is 1. The van der Waals surface area contributed by atoms with Crippen molar-refractivity contribution in [3.05, 3.63) is 29.3 Å². The topological polar surface area (TPSA) is 93.5 Å². The fourth-order valence-electron chi connectivity index (χ4n) is 1.64. The number of carbonyl (C=O) groups is 2. The van der Waals surface area contributed by atoms with E-state index in [4.69, 9.17) is 10.5 Å². The number of rotatable bonds is 4. The lowest BCUT2D eigenvalue weighted by atomic mass is 10.1. The van der Waals surface area contributed by atoms with Crippen molar-refractivity contribution in [2.45, 2.75) is 32.9 Å². The van der Waals surface area contributed by atoms with Crippen LogP contribution in [-0.2, 0) is 4.79 Å². The molecule has 3 amide bonds. The van der Waals surface area contributed by atoms with E-state index in [-0.39, 0.29) is 6.04 Å². The van der Waals surface area contributed by atoms with Gasteiger partial charge < -0.3 is 15.8 Å². The van der Waals surface area contributed by atoms with Gasteiger partial charge >= 0.3 is 6.03 Å². The number of ether oxygens (including phenoxy) is 1. The van der Waals surface area contributed by atoms with Crippen LogP contribution < -0.4 is 21.1 Å². The molecule has 0 radical (unpaired) electrons. The molecule has 6 heteroatoms. The summed E-state index contributed by atoms with van der Waals surface area (Å²) in [5, 5.41) is 4.47. The van der Waals surface area contributed by atoms with Gasteiger partial charge in [-0.1, -0.05) is 12.1 Å². The third kappa shape index (κ3) is 4.24. The minimum absolute atomic E-state index is 0.209. The molecule has 0 fully saturated rings. The second-order valence-electron chi connectivity index (χ2n) is 4.66. The number of aryl methyl sites for hydroxylation is 1. The van der Waals surface area contributed by atoms with E-state index >= 15 is 0 Å². The largest absolute Gasteiger partial charge is 0.481 e. The first-order valence-electron chi connectivity index (χ1n) is 6.40. The maximum Gasteiger partial charge on any atom is 0.321 e. The molecule has 1 aromatic carbocycles. The molecule has 6 nitrogen and oxygen atoms in total. The predicted molar refractivity (Wildman–Crippen MR) is 76.5 cm³/mol. The first-order valence-corrected chi connectivity index (χ1v) is 6.40. The fraction of sp³-hybridized carbons (Fsp3) is 0.429. The van der Waals surface area contributed by atoms with Crippen LogP contribution in [0.2, 0.25) is 0 Å². The molecule has 0 aliphatic carbocycles. The summed E-state index contributed by atoms with van der Waals surface area (Å²) in [5.41, 5.74) is 7.69. The van der Waals surface area contributed by atoms with Crippen LogP contribution >= 0.6 is 0 Å². The van der Waals surface area contributed by atoms with Crippen LogP contribution in [-0.4, -0.2) is 25.1 Å². The summed E-state index contributed by atoms with van der Waals surface area (Å²) >= 11 is 0. The number of nitrogens with two attached hydrogens (primary N) is 1. The highest BCUT2D eigenvalue weighted by Crippen LogP contribution is 2.26. The number of amides is 3. The van der Waals surface area contributed by atoms with Crippen LogP contribution in [0.4, 0.5) is 4.79 Å². The molecule has 1 unspecified atom stereocenters. The summed E-state index contributed by atoms with van der Waals surface area (Å²) in [7, 11) is 1.43. The molecule has 0 saturated carbocycles.